The van der Waals surface area contributed by atoms with Gasteiger partial charge in [0.15, 0.2) is 0 Å². The standard InChI is InChI=1S/C21H30O3/c1-13(22)24-19-6-4-5-14-7-8-15-16-9-10-18(23)20(16,2)12-11-17(15)21(14,19)3/h7,15-17,19H,4-6,8-12H2,1-3H3/t15-,16-,17-,19?,20-,21-/m0/s1. The number of allylic oxidation sites excluding steroid dienone is 1. The summed E-state index contributed by atoms with van der Waals surface area (Å²) in [7, 11) is 0. The Morgan fingerprint density at radius 1 is 1.17 bits per heavy atom. The van der Waals surface area contributed by atoms with Gasteiger partial charge in [-0.3, -0.25) is 9.59 Å². The van der Waals surface area contributed by atoms with Gasteiger partial charge in [0.2, 0.25) is 0 Å². The summed E-state index contributed by atoms with van der Waals surface area (Å²) in [6.07, 6.45) is 10.8. The van der Waals surface area contributed by atoms with Crippen molar-refractivity contribution >= 4 is 11.8 Å². The van der Waals surface area contributed by atoms with Crippen LogP contribution in [0.3, 0.4) is 0 Å². The normalized spacial score (nSPS) is 47.3. The average molecular weight is 330 g/mol. The lowest BCUT2D eigenvalue weighted by Gasteiger charge is -2.58. The van der Waals surface area contributed by atoms with Crippen molar-refractivity contribution in [2.24, 2.45) is 28.6 Å². The molecule has 0 aromatic rings. The number of fused-ring (bicyclic) bond motifs is 5. The molecule has 3 nitrogen and oxygen atoms in total. The van der Waals surface area contributed by atoms with Crippen LogP contribution in [-0.4, -0.2) is 17.9 Å². The quantitative estimate of drug-likeness (QED) is 0.527. The van der Waals surface area contributed by atoms with E-state index in [2.05, 4.69) is 19.9 Å². The molecule has 4 rings (SSSR count). The van der Waals surface area contributed by atoms with Gasteiger partial charge in [-0.2, -0.15) is 0 Å². The summed E-state index contributed by atoms with van der Waals surface area (Å²) in [5.41, 5.74) is 1.42. The number of hydrogen-bond donors (Lipinski definition) is 0. The van der Waals surface area contributed by atoms with Crippen molar-refractivity contribution < 1.29 is 14.3 Å². The fraction of sp³-hybridized carbons (Fsp3) is 0.810. The van der Waals surface area contributed by atoms with Gasteiger partial charge in [0.05, 0.1) is 0 Å². The van der Waals surface area contributed by atoms with Gasteiger partial charge in [0.1, 0.15) is 11.9 Å². The van der Waals surface area contributed by atoms with Crippen LogP contribution in [0.2, 0.25) is 0 Å². The molecule has 3 saturated carbocycles. The molecular formula is C21H30O3. The highest BCUT2D eigenvalue weighted by Crippen LogP contribution is 2.64. The highest BCUT2D eigenvalue weighted by molar-refractivity contribution is 5.87. The summed E-state index contributed by atoms with van der Waals surface area (Å²) in [6, 6.07) is 0. The van der Waals surface area contributed by atoms with Crippen LogP contribution in [0.4, 0.5) is 0 Å². The first-order valence-electron chi connectivity index (χ1n) is 9.77. The molecule has 0 amide bonds. The Balaban J connectivity index is 1.71. The Morgan fingerprint density at radius 2 is 1.96 bits per heavy atom. The van der Waals surface area contributed by atoms with Crippen molar-refractivity contribution in [1.29, 1.82) is 0 Å². The van der Waals surface area contributed by atoms with Crippen LogP contribution in [0, 0.1) is 28.6 Å². The zero-order valence-corrected chi connectivity index (χ0v) is 15.3. The number of carbonyl (C=O) groups is 2. The van der Waals surface area contributed by atoms with Crippen LogP contribution in [-0.2, 0) is 14.3 Å². The van der Waals surface area contributed by atoms with Gasteiger partial charge in [0.25, 0.3) is 0 Å². The topological polar surface area (TPSA) is 43.4 Å². The fourth-order valence-electron chi connectivity index (χ4n) is 6.84. The van der Waals surface area contributed by atoms with Crippen LogP contribution in [0.15, 0.2) is 11.6 Å². The zero-order valence-electron chi connectivity index (χ0n) is 15.3. The minimum Gasteiger partial charge on any atom is -0.462 e. The van der Waals surface area contributed by atoms with Crippen LogP contribution >= 0.6 is 0 Å². The van der Waals surface area contributed by atoms with E-state index in [9.17, 15) is 9.59 Å². The minimum absolute atomic E-state index is 0.0141. The molecule has 0 radical (unpaired) electrons. The van der Waals surface area contributed by atoms with Gasteiger partial charge in [0, 0.05) is 24.2 Å². The molecule has 0 aromatic heterocycles. The monoisotopic (exact) mass is 330 g/mol. The number of ether oxygens (including phenoxy) is 1. The minimum atomic E-state index is -0.152. The predicted octanol–water partition coefficient (Wildman–Crippen LogP) is 4.45. The lowest BCUT2D eigenvalue weighted by molar-refractivity contribution is -0.162. The molecule has 0 bridgehead atoms. The van der Waals surface area contributed by atoms with Gasteiger partial charge in [-0.25, -0.2) is 0 Å². The zero-order chi connectivity index (χ0) is 17.1. The summed E-state index contributed by atoms with van der Waals surface area (Å²) >= 11 is 0. The highest BCUT2D eigenvalue weighted by atomic mass is 16.5. The SMILES string of the molecule is CC(=O)OC1CCCC2=CC[C@H]3[C@@H]4CCC(=O)[C@@]4(C)CC[C@@H]3[C@]21C. The number of carbonyl (C=O) groups excluding carboxylic acids is 2. The molecule has 24 heavy (non-hydrogen) atoms. The van der Waals surface area contributed by atoms with Crippen LogP contribution in [0.1, 0.15) is 72.1 Å². The first-order chi connectivity index (χ1) is 11.4. The fourth-order valence-corrected chi connectivity index (χ4v) is 6.84. The van der Waals surface area contributed by atoms with E-state index < -0.39 is 0 Å². The Labute approximate surface area is 145 Å². The Bertz CT molecular complexity index is 606. The largest absolute Gasteiger partial charge is 0.462 e. The van der Waals surface area contributed by atoms with E-state index in [1.165, 1.54) is 12.5 Å². The third kappa shape index (κ3) is 2.09. The van der Waals surface area contributed by atoms with Gasteiger partial charge in [-0.15, -0.1) is 0 Å². The van der Waals surface area contributed by atoms with E-state index in [0.29, 0.717) is 23.5 Å². The molecule has 0 saturated heterocycles. The molecule has 0 spiro atoms. The number of rotatable bonds is 1. The third-order valence-corrected chi connectivity index (χ3v) is 8.13. The van der Waals surface area contributed by atoms with E-state index in [4.69, 9.17) is 4.74 Å². The van der Waals surface area contributed by atoms with Crippen molar-refractivity contribution in [3.8, 4) is 0 Å². The Morgan fingerprint density at radius 3 is 2.71 bits per heavy atom. The molecule has 0 aromatic carbocycles. The van der Waals surface area contributed by atoms with Crippen LogP contribution in [0.5, 0.6) is 0 Å². The molecule has 6 atom stereocenters. The third-order valence-electron chi connectivity index (χ3n) is 8.13. The molecule has 0 N–H and O–H groups in total. The van der Waals surface area contributed by atoms with E-state index in [1.807, 2.05) is 0 Å². The first kappa shape index (κ1) is 16.4. The van der Waals surface area contributed by atoms with Gasteiger partial charge < -0.3 is 4.74 Å². The smallest absolute Gasteiger partial charge is 0.302 e. The van der Waals surface area contributed by atoms with Crippen LogP contribution < -0.4 is 0 Å². The van der Waals surface area contributed by atoms with Crippen molar-refractivity contribution in [2.75, 3.05) is 0 Å². The summed E-state index contributed by atoms with van der Waals surface area (Å²) in [6.45, 7) is 6.10. The molecule has 0 heterocycles. The first-order valence-corrected chi connectivity index (χ1v) is 9.77. The highest BCUT2D eigenvalue weighted by Gasteiger charge is 2.60. The summed E-state index contributed by atoms with van der Waals surface area (Å²) in [4.78, 5) is 24.2. The van der Waals surface area contributed by atoms with E-state index in [1.54, 1.807) is 0 Å². The summed E-state index contributed by atoms with van der Waals surface area (Å²) in [5.74, 6) is 2.01. The number of ketones is 1. The maximum atomic E-state index is 12.5. The lowest BCUT2D eigenvalue weighted by Crippen LogP contribution is -2.54. The van der Waals surface area contributed by atoms with Crippen molar-refractivity contribution in [3.63, 3.8) is 0 Å². The van der Waals surface area contributed by atoms with Crippen molar-refractivity contribution in [1.82, 2.24) is 0 Å². The molecule has 4 aliphatic rings. The van der Waals surface area contributed by atoms with E-state index >= 15 is 0 Å². The average Bonchev–Trinajstić information content (AvgIpc) is 2.83. The van der Waals surface area contributed by atoms with Crippen molar-refractivity contribution in [3.05, 3.63) is 11.6 Å². The molecule has 0 aliphatic heterocycles. The second-order valence-electron chi connectivity index (χ2n) is 9.03. The molecule has 132 valence electrons. The van der Waals surface area contributed by atoms with E-state index in [-0.39, 0.29) is 22.9 Å². The molecular weight excluding hydrogens is 300 g/mol. The second kappa shape index (κ2) is 5.44. The van der Waals surface area contributed by atoms with Crippen molar-refractivity contribution in [2.45, 2.75) is 78.2 Å². The number of hydrogen-bond acceptors (Lipinski definition) is 3. The Hall–Kier alpha value is -1.12. The maximum Gasteiger partial charge on any atom is 0.302 e. The van der Waals surface area contributed by atoms with Gasteiger partial charge >= 0.3 is 5.97 Å². The summed E-state index contributed by atoms with van der Waals surface area (Å²) in [5, 5.41) is 0. The number of Topliss-reactive ketones (excluding diaryl/α,β-unsaturated/α-hetero) is 1. The van der Waals surface area contributed by atoms with Crippen LogP contribution in [0.25, 0.3) is 0 Å². The second-order valence-corrected chi connectivity index (χ2v) is 9.03. The van der Waals surface area contributed by atoms with Gasteiger partial charge in [-0.1, -0.05) is 25.5 Å². The summed E-state index contributed by atoms with van der Waals surface area (Å²) < 4.78 is 5.82. The predicted molar refractivity (Wildman–Crippen MR) is 92.3 cm³/mol. The molecule has 1 unspecified atom stereocenters. The number of esters is 1. The van der Waals surface area contributed by atoms with Gasteiger partial charge in [-0.05, 0) is 62.7 Å². The Kier molecular flexibility index (Phi) is 3.71. The molecule has 3 heteroatoms. The lowest BCUT2D eigenvalue weighted by atomic mass is 9.47. The molecule has 3 fully saturated rings. The van der Waals surface area contributed by atoms with E-state index in [0.717, 1.165) is 51.4 Å². The molecule has 4 aliphatic carbocycles. The maximum absolute atomic E-state index is 12.5.